The summed E-state index contributed by atoms with van der Waals surface area (Å²) in [7, 11) is 0. The van der Waals surface area contributed by atoms with Crippen molar-refractivity contribution in [1.29, 1.82) is 0 Å². The molecular weight excluding hydrogens is 1060 g/mol. The van der Waals surface area contributed by atoms with Crippen LogP contribution in [0.15, 0.2) is 146 Å². The summed E-state index contributed by atoms with van der Waals surface area (Å²) in [5.41, 5.74) is 9.05. The van der Waals surface area contributed by atoms with Crippen molar-refractivity contribution in [2.24, 2.45) is 17.6 Å². The number of hydrogen-bond donors (Lipinski definition) is 3. The van der Waals surface area contributed by atoms with Gasteiger partial charge < -0.3 is 35.3 Å². The number of carbonyl (C=O) groups excluding carboxylic acids is 3. The van der Waals surface area contributed by atoms with Crippen LogP contribution in [0.2, 0.25) is 10.0 Å². The number of aldehydes is 1. The van der Waals surface area contributed by atoms with Crippen molar-refractivity contribution in [2.75, 3.05) is 17.1 Å². The fraction of sp³-hybridized carbons (Fsp3) is 0.268. The lowest BCUT2D eigenvalue weighted by molar-refractivity contribution is -0.144. The van der Waals surface area contributed by atoms with Crippen molar-refractivity contribution >= 4 is 81.8 Å². The first-order chi connectivity index (χ1) is 36.0. The highest BCUT2D eigenvalue weighted by Gasteiger charge is 2.44. The summed E-state index contributed by atoms with van der Waals surface area (Å²) in [5, 5.41) is 10.7. The average Bonchev–Trinajstić information content (AvgIpc) is 3.39. The van der Waals surface area contributed by atoms with Crippen LogP contribution in [0.1, 0.15) is 47.9 Å². The molecule has 11 nitrogen and oxygen atoms in total. The summed E-state index contributed by atoms with van der Waals surface area (Å²) in [6, 6.07) is 38.6. The number of hydrogen-bond acceptors (Lipinski definition) is 7. The standard InChI is InChI=1S/C28H26Cl2F2N2O3.C12H14O2.C7H3ClFN.C7H8FN.C2H3ClO2/c29-15-26(35)34(16-18-6-9-22(31)10-7-18)27(28(36)33-25-11-8-21(30)14-24(25)32)20-12-23(13-20)37-17-19-4-2-1-3-5-19;13-8-11-6-12(7-11)14-9-10-4-2-1-3-5-10;1-10-7-3-2-5(8)4-6(7)9;8-7-3-1-6(5-9)2-4-7;3-1-2(4)5/h1-11,14,20,23,27H,12-13,15-17H2,(H,33,36);1-5,8,11-12H,6-7,9H2;2-4H;1-4H,5,9H2;1H2,(H,4,5). The summed E-state index contributed by atoms with van der Waals surface area (Å²) in [6.45, 7) is 8.11. The van der Waals surface area contributed by atoms with E-state index in [0.717, 1.165) is 42.4 Å². The molecule has 0 bridgehead atoms. The monoisotopic (exact) mass is 1110 g/mol. The van der Waals surface area contributed by atoms with E-state index in [9.17, 15) is 36.7 Å². The summed E-state index contributed by atoms with van der Waals surface area (Å²) in [6.07, 6.45) is 4.10. The second-order valence-corrected chi connectivity index (χ2v) is 18.2. The van der Waals surface area contributed by atoms with Crippen LogP contribution in [0, 0.1) is 41.7 Å². The number of nitrogens with two attached hydrogens (primary N) is 1. The highest BCUT2D eigenvalue weighted by atomic mass is 35.5. The average molecular weight is 1110 g/mol. The molecule has 1 unspecified atom stereocenters. The number of carboxylic acid groups (broad SMARTS) is 1. The van der Waals surface area contributed by atoms with Crippen LogP contribution in [0.4, 0.5) is 28.9 Å². The number of nitrogens with one attached hydrogen (secondary N) is 1. The minimum atomic E-state index is -0.980. The molecule has 2 amide bonds. The Morgan fingerprint density at radius 1 is 0.693 bits per heavy atom. The van der Waals surface area contributed by atoms with E-state index in [1.165, 1.54) is 59.0 Å². The molecule has 2 aliphatic rings. The molecule has 0 radical (unpaired) electrons. The zero-order chi connectivity index (χ0) is 54.7. The summed E-state index contributed by atoms with van der Waals surface area (Å²) in [5.74, 6) is -4.53. The maximum atomic E-state index is 14.4. The van der Waals surface area contributed by atoms with Crippen LogP contribution in [-0.4, -0.2) is 64.1 Å². The van der Waals surface area contributed by atoms with Gasteiger partial charge in [-0.2, -0.15) is 0 Å². The quantitative estimate of drug-likeness (QED) is 0.0375. The van der Waals surface area contributed by atoms with E-state index in [0.29, 0.717) is 49.3 Å². The molecule has 19 heteroatoms. The largest absolute Gasteiger partial charge is 0.480 e. The van der Waals surface area contributed by atoms with Gasteiger partial charge in [0.15, 0.2) is 0 Å². The third kappa shape index (κ3) is 21.8. The van der Waals surface area contributed by atoms with Gasteiger partial charge in [-0.15, -0.1) is 23.2 Å². The van der Waals surface area contributed by atoms with Crippen molar-refractivity contribution in [3.8, 4) is 0 Å². The Labute approximate surface area is 453 Å². The Hall–Kier alpha value is -6.35. The minimum Gasteiger partial charge on any atom is -0.480 e. The Balaban J connectivity index is 0.000000257. The van der Waals surface area contributed by atoms with Crippen LogP contribution in [0.25, 0.3) is 4.85 Å². The lowest BCUT2D eigenvalue weighted by atomic mass is 9.76. The maximum absolute atomic E-state index is 14.4. The Kier molecular flexibility index (Phi) is 26.8. The Morgan fingerprint density at radius 2 is 1.17 bits per heavy atom. The van der Waals surface area contributed by atoms with Crippen molar-refractivity contribution < 1.29 is 51.3 Å². The topological polar surface area (TPSA) is 153 Å². The zero-order valence-corrected chi connectivity index (χ0v) is 43.3. The predicted octanol–water partition coefficient (Wildman–Crippen LogP) is 13.0. The van der Waals surface area contributed by atoms with E-state index in [1.807, 2.05) is 48.5 Å². The van der Waals surface area contributed by atoms with E-state index in [2.05, 4.69) is 22.3 Å². The van der Waals surface area contributed by atoms with Crippen molar-refractivity contribution in [3.05, 3.63) is 213 Å². The van der Waals surface area contributed by atoms with Crippen molar-refractivity contribution in [1.82, 2.24) is 4.90 Å². The number of carboxylic acids is 1. The number of aliphatic carboxylic acids is 1. The molecule has 396 valence electrons. The predicted molar refractivity (Wildman–Crippen MR) is 283 cm³/mol. The lowest BCUT2D eigenvalue weighted by Gasteiger charge is -2.44. The third-order valence-electron chi connectivity index (χ3n) is 11.3. The molecule has 4 N–H and O–H groups in total. The van der Waals surface area contributed by atoms with E-state index >= 15 is 0 Å². The number of amides is 2. The van der Waals surface area contributed by atoms with Gasteiger partial charge in [0.25, 0.3) is 0 Å². The van der Waals surface area contributed by atoms with E-state index in [-0.39, 0.29) is 58.5 Å². The zero-order valence-electron chi connectivity index (χ0n) is 40.3. The highest BCUT2D eigenvalue weighted by molar-refractivity contribution is 6.31. The van der Waals surface area contributed by atoms with Crippen LogP contribution >= 0.6 is 46.4 Å². The second kappa shape index (κ2) is 32.8. The van der Waals surface area contributed by atoms with Gasteiger partial charge in [-0.1, -0.05) is 120 Å². The van der Waals surface area contributed by atoms with Gasteiger partial charge >= 0.3 is 5.97 Å². The highest BCUT2D eigenvalue weighted by Crippen LogP contribution is 2.37. The van der Waals surface area contributed by atoms with E-state index < -0.39 is 41.3 Å². The van der Waals surface area contributed by atoms with Gasteiger partial charge in [0.05, 0.1) is 37.7 Å². The number of nitrogens with zero attached hydrogens (tertiary/aromatic N) is 2. The molecule has 0 heterocycles. The van der Waals surface area contributed by atoms with Crippen molar-refractivity contribution in [2.45, 2.75) is 70.2 Å². The third-order valence-corrected chi connectivity index (χ3v) is 12.3. The molecule has 0 spiro atoms. The molecule has 0 saturated heterocycles. The minimum absolute atomic E-state index is 0.00407. The molecular formula is C56H54Cl4F4N4O7. The van der Waals surface area contributed by atoms with Crippen LogP contribution < -0.4 is 11.1 Å². The molecule has 75 heavy (non-hydrogen) atoms. The van der Waals surface area contributed by atoms with Gasteiger partial charge in [-0.3, -0.25) is 14.4 Å². The van der Waals surface area contributed by atoms with Gasteiger partial charge in [-0.25, -0.2) is 22.4 Å². The number of ether oxygens (including phenoxy) is 2. The maximum Gasteiger partial charge on any atom is 0.318 e. The second-order valence-electron chi connectivity index (χ2n) is 16.8. The van der Waals surface area contributed by atoms with Gasteiger partial charge in [0.1, 0.15) is 47.4 Å². The van der Waals surface area contributed by atoms with Gasteiger partial charge in [0.2, 0.25) is 17.5 Å². The number of halogens is 8. The number of anilines is 1. The first-order valence-electron chi connectivity index (χ1n) is 23.2. The SMILES string of the molecule is NCc1ccc(F)cc1.O=C(Nc1ccc(Cl)cc1F)C(C1CC(OCc2ccccc2)C1)N(Cc1ccc(F)cc1)C(=O)CCl.O=C(O)CCl.O=CC1CC(OCc2ccccc2)C1.[C-]#[N+]c1ccc(Cl)cc1F. The Morgan fingerprint density at radius 3 is 1.61 bits per heavy atom. The molecule has 0 aromatic heterocycles. The lowest BCUT2D eigenvalue weighted by Crippen LogP contribution is -2.55. The van der Waals surface area contributed by atoms with Crippen LogP contribution in [-0.2, 0) is 55.0 Å². The first kappa shape index (κ1) is 61.2. The molecule has 1 atom stereocenters. The number of benzene rings is 6. The molecule has 2 fully saturated rings. The Bertz CT molecular complexity index is 2750. The van der Waals surface area contributed by atoms with E-state index in [4.69, 9.17) is 73.3 Å². The van der Waals surface area contributed by atoms with Gasteiger partial charge in [0, 0.05) is 29.1 Å². The molecule has 0 aliphatic heterocycles. The summed E-state index contributed by atoms with van der Waals surface area (Å²) < 4.78 is 64.3. The fourth-order valence-electron chi connectivity index (χ4n) is 7.24. The molecule has 6 aromatic rings. The normalized spacial score (nSPS) is 16.2. The summed E-state index contributed by atoms with van der Waals surface area (Å²) in [4.78, 5) is 50.4. The summed E-state index contributed by atoms with van der Waals surface area (Å²) >= 11 is 21.9. The molecule has 6 aromatic carbocycles. The fourth-order valence-corrected chi connectivity index (χ4v) is 7.71. The number of carbonyl (C=O) groups is 4. The van der Waals surface area contributed by atoms with Crippen molar-refractivity contribution in [3.63, 3.8) is 0 Å². The molecule has 8 rings (SSSR count). The van der Waals surface area contributed by atoms with Gasteiger partial charge in [-0.05, 0) is 102 Å². The number of rotatable bonds is 16. The number of alkyl halides is 2. The van der Waals surface area contributed by atoms with Crippen LogP contribution in [0.3, 0.4) is 0 Å². The molecule has 2 aliphatic carbocycles. The smallest absolute Gasteiger partial charge is 0.318 e. The van der Waals surface area contributed by atoms with Crippen LogP contribution in [0.5, 0.6) is 0 Å². The van der Waals surface area contributed by atoms with E-state index in [1.54, 1.807) is 24.3 Å². The molecule has 2 saturated carbocycles. The first-order valence-corrected chi connectivity index (χ1v) is 25.1.